The van der Waals surface area contributed by atoms with Crippen LogP contribution in [0.2, 0.25) is 5.02 Å². The van der Waals surface area contributed by atoms with Crippen molar-refractivity contribution >= 4 is 27.5 Å². The monoisotopic (exact) mass is 290 g/mol. The average Bonchev–Trinajstić information content (AvgIpc) is 2.06. The molecule has 0 saturated carbocycles. The Hall–Kier alpha value is -0.290. The van der Waals surface area contributed by atoms with E-state index < -0.39 is 17.6 Å². The largest absolute Gasteiger partial charge is 0.419 e. The topological polar surface area (TPSA) is 0 Å². The molecule has 14 heavy (non-hydrogen) atoms. The first kappa shape index (κ1) is 11.8. The van der Waals surface area contributed by atoms with Gasteiger partial charge in [-0.1, -0.05) is 27.5 Å². The molecule has 0 radical (unpaired) electrons. The van der Waals surface area contributed by atoms with Gasteiger partial charge in [0.25, 0.3) is 0 Å². The van der Waals surface area contributed by atoms with Gasteiger partial charge in [-0.05, 0) is 12.1 Å². The summed E-state index contributed by atoms with van der Waals surface area (Å²) in [5.41, 5.74) is -1.44. The van der Waals surface area contributed by atoms with Crippen molar-refractivity contribution in [3.8, 4) is 0 Å². The predicted molar refractivity (Wildman–Crippen MR) is 49.0 cm³/mol. The summed E-state index contributed by atoms with van der Waals surface area (Å²) in [7, 11) is 0. The molecule has 0 spiro atoms. The fourth-order valence-electron chi connectivity index (χ4n) is 0.949. The fraction of sp³-hybridized carbons (Fsp3) is 0.250. The molecule has 0 heterocycles. The van der Waals surface area contributed by atoms with Crippen LogP contribution in [0.4, 0.5) is 17.6 Å². The summed E-state index contributed by atoms with van der Waals surface area (Å²) < 4.78 is 49.8. The molecule has 1 aromatic carbocycles. The van der Waals surface area contributed by atoms with Gasteiger partial charge < -0.3 is 0 Å². The van der Waals surface area contributed by atoms with E-state index in [2.05, 4.69) is 15.9 Å². The normalized spacial score (nSPS) is 11.9. The number of hydrogen-bond donors (Lipinski definition) is 0. The summed E-state index contributed by atoms with van der Waals surface area (Å²) in [5, 5.41) is -0.143. The Morgan fingerprint density at radius 1 is 1.29 bits per heavy atom. The van der Waals surface area contributed by atoms with Crippen LogP contribution in [0.25, 0.3) is 0 Å². The van der Waals surface area contributed by atoms with Crippen molar-refractivity contribution in [2.75, 3.05) is 0 Å². The van der Waals surface area contributed by atoms with Gasteiger partial charge in [-0.15, -0.1) is 0 Å². The van der Waals surface area contributed by atoms with Crippen molar-refractivity contribution in [3.05, 3.63) is 34.1 Å². The lowest BCUT2D eigenvalue weighted by Crippen LogP contribution is -2.09. The van der Waals surface area contributed by atoms with Crippen molar-refractivity contribution in [2.45, 2.75) is 11.5 Å². The minimum Gasteiger partial charge on any atom is -0.206 e. The van der Waals surface area contributed by atoms with Crippen LogP contribution in [0.15, 0.2) is 12.1 Å². The predicted octanol–water partition coefficient (Wildman–Crippen LogP) is 4.39. The van der Waals surface area contributed by atoms with Gasteiger partial charge in [0, 0.05) is 15.9 Å². The quantitative estimate of drug-likeness (QED) is 0.531. The Balaban J connectivity index is 3.37. The summed E-state index contributed by atoms with van der Waals surface area (Å²) in [4.78, 5) is 0. The van der Waals surface area contributed by atoms with Crippen molar-refractivity contribution < 1.29 is 17.6 Å². The maximum Gasteiger partial charge on any atom is 0.419 e. The highest BCUT2D eigenvalue weighted by Gasteiger charge is 2.35. The molecule has 0 fully saturated rings. The summed E-state index contributed by atoms with van der Waals surface area (Å²) in [6.45, 7) is 0. The number of hydrogen-bond acceptors (Lipinski definition) is 0. The van der Waals surface area contributed by atoms with Crippen LogP contribution < -0.4 is 0 Å². The zero-order chi connectivity index (χ0) is 10.9. The molecule has 6 heteroatoms. The molecule has 78 valence electrons. The number of alkyl halides is 4. The Kier molecular flexibility index (Phi) is 3.42. The third kappa shape index (κ3) is 2.39. The van der Waals surface area contributed by atoms with E-state index in [0.717, 1.165) is 6.07 Å². The van der Waals surface area contributed by atoms with Crippen LogP contribution in [0, 0.1) is 5.82 Å². The van der Waals surface area contributed by atoms with Crippen LogP contribution in [0.1, 0.15) is 11.1 Å². The molecule has 0 aliphatic heterocycles. The van der Waals surface area contributed by atoms with Crippen LogP contribution in [-0.2, 0) is 11.5 Å². The van der Waals surface area contributed by atoms with Gasteiger partial charge in [0.2, 0.25) is 0 Å². The third-order valence-corrected chi connectivity index (χ3v) is 2.38. The molecule has 0 amide bonds. The van der Waals surface area contributed by atoms with E-state index in [1.54, 1.807) is 0 Å². The molecular formula is C8H4BrClF4. The van der Waals surface area contributed by atoms with Gasteiger partial charge in [-0.3, -0.25) is 0 Å². The molecule has 0 aromatic heterocycles. The van der Waals surface area contributed by atoms with E-state index in [1.807, 2.05) is 0 Å². The molecule has 0 aliphatic carbocycles. The van der Waals surface area contributed by atoms with Crippen LogP contribution in [0.5, 0.6) is 0 Å². The lowest BCUT2D eigenvalue weighted by molar-refractivity contribution is -0.140. The van der Waals surface area contributed by atoms with Crippen molar-refractivity contribution in [3.63, 3.8) is 0 Å². The second-order valence-electron chi connectivity index (χ2n) is 2.56. The van der Waals surface area contributed by atoms with Crippen LogP contribution in [0.3, 0.4) is 0 Å². The van der Waals surface area contributed by atoms with E-state index in [0.29, 0.717) is 6.07 Å². The van der Waals surface area contributed by atoms with Gasteiger partial charge in [0.15, 0.2) is 0 Å². The molecule has 1 rings (SSSR count). The van der Waals surface area contributed by atoms with E-state index in [-0.39, 0.29) is 15.9 Å². The molecule has 0 saturated heterocycles. The molecule has 1 aromatic rings. The molecule has 0 bridgehead atoms. The first-order valence-corrected chi connectivity index (χ1v) is 4.97. The molecule has 0 N–H and O–H groups in total. The zero-order valence-corrected chi connectivity index (χ0v) is 8.97. The van der Waals surface area contributed by atoms with Gasteiger partial charge in [0.1, 0.15) is 5.82 Å². The molecule has 0 atom stereocenters. The first-order valence-electron chi connectivity index (χ1n) is 3.47. The van der Waals surface area contributed by atoms with Crippen LogP contribution >= 0.6 is 27.5 Å². The SMILES string of the molecule is Fc1c(CBr)cc(Cl)cc1C(F)(F)F. The smallest absolute Gasteiger partial charge is 0.206 e. The van der Waals surface area contributed by atoms with Crippen molar-refractivity contribution in [1.29, 1.82) is 0 Å². The summed E-state index contributed by atoms with van der Waals surface area (Å²) >= 11 is 8.30. The molecule has 0 nitrogen and oxygen atoms in total. The third-order valence-electron chi connectivity index (χ3n) is 1.56. The number of rotatable bonds is 1. The lowest BCUT2D eigenvalue weighted by atomic mass is 10.1. The Morgan fingerprint density at radius 3 is 2.29 bits per heavy atom. The zero-order valence-electron chi connectivity index (χ0n) is 6.63. The highest BCUT2D eigenvalue weighted by atomic mass is 79.9. The van der Waals surface area contributed by atoms with Crippen molar-refractivity contribution in [2.24, 2.45) is 0 Å². The number of benzene rings is 1. The van der Waals surface area contributed by atoms with Crippen LogP contribution in [-0.4, -0.2) is 0 Å². The molecule has 0 aliphatic rings. The van der Waals surface area contributed by atoms with Gasteiger partial charge in [0.05, 0.1) is 5.56 Å². The minimum atomic E-state index is -4.72. The first-order chi connectivity index (χ1) is 6.36. The second kappa shape index (κ2) is 4.06. The van der Waals surface area contributed by atoms with E-state index in [9.17, 15) is 17.6 Å². The van der Waals surface area contributed by atoms with Gasteiger partial charge in [-0.25, -0.2) is 4.39 Å². The molecule has 0 unspecified atom stereocenters. The lowest BCUT2D eigenvalue weighted by Gasteiger charge is -2.10. The fourth-order valence-corrected chi connectivity index (χ4v) is 1.60. The highest BCUT2D eigenvalue weighted by molar-refractivity contribution is 9.08. The van der Waals surface area contributed by atoms with Gasteiger partial charge >= 0.3 is 6.18 Å². The summed E-state index contributed by atoms with van der Waals surface area (Å²) in [6, 6.07) is 1.73. The number of halogens is 6. The average molecular weight is 291 g/mol. The van der Waals surface area contributed by atoms with Gasteiger partial charge in [-0.2, -0.15) is 13.2 Å². The molecular weight excluding hydrogens is 287 g/mol. The maximum absolute atomic E-state index is 13.1. The highest BCUT2D eigenvalue weighted by Crippen LogP contribution is 2.35. The van der Waals surface area contributed by atoms with E-state index in [1.165, 1.54) is 0 Å². The maximum atomic E-state index is 13.1. The summed E-state index contributed by atoms with van der Waals surface area (Å²) in [6.07, 6.45) is -4.72. The Labute approximate surface area is 91.0 Å². The van der Waals surface area contributed by atoms with E-state index >= 15 is 0 Å². The summed E-state index contributed by atoms with van der Waals surface area (Å²) in [5.74, 6) is -1.28. The standard InChI is InChI=1S/C8H4BrClF4/c9-3-4-1-5(10)2-6(7(4)11)8(12,13)14/h1-2H,3H2. The second-order valence-corrected chi connectivity index (χ2v) is 3.56. The van der Waals surface area contributed by atoms with E-state index in [4.69, 9.17) is 11.6 Å². The Bertz CT molecular complexity index is 348. The Morgan fingerprint density at radius 2 is 1.86 bits per heavy atom. The van der Waals surface area contributed by atoms with Crippen molar-refractivity contribution in [1.82, 2.24) is 0 Å². The minimum absolute atomic E-state index is 0.0114.